The molecule has 0 saturated carbocycles. The van der Waals surface area contributed by atoms with Gasteiger partial charge in [0, 0.05) is 24.7 Å². The Bertz CT molecular complexity index is 430. The van der Waals surface area contributed by atoms with Crippen LogP contribution in [0.1, 0.15) is 36.7 Å². The zero-order chi connectivity index (χ0) is 14.5. The highest BCUT2D eigenvalue weighted by Crippen LogP contribution is 2.17. The minimum Gasteiger partial charge on any atom is -0.394 e. The molecule has 0 aromatic heterocycles. The van der Waals surface area contributed by atoms with Crippen LogP contribution in [0.3, 0.4) is 0 Å². The van der Waals surface area contributed by atoms with Crippen molar-refractivity contribution in [3.63, 3.8) is 0 Å². The summed E-state index contributed by atoms with van der Waals surface area (Å²) in [4.78, 5) is 13.8. The van der Waals surface area contributed by atoms with Crippen LogP contribution in [-0.2, 0) is 6.54 Å². The molecular formula is C15H24N2O2. The van der Waals surface area contributed by atoms with Crippen molar-refractivity contribution in [2.75, 3.05) is 20.2 Å². The molecule has 0 heterocycles. The van der Waals surface area contributed by atoms with Crippen LogP contribution in [-0.4, -0.2) is 41.7 Å². The van der Waals surface area contributed by atoms with Gasteiger partial charge in [0.05, 0.1) is 6.61 Å². The first-order chi connectivity index (χ1) is 8.94. The van der Waals surface area contributed by atoms with Crippen LogP contribution < -0.4 is 5.32 Å². The van der Waals surface area contributed by atoms with Gasteiger partial charge in [-0.3, -0.25) is 9.69 Å². The van der Waals surface area contributed by atoms with Crippen LogP contribution >= 0.6 is 0 Å². The van der Waals surface area contributed by atoms with Gasteiger partial charge in [-0.15, -0.1) is 0 Å². The number of benzene rings is 1. The number of nitrogens with one attached hydrogen (secondary N) is 1. The number of amides is 1. The molecule has 4 heteroatoms. The van der Waals surface area contributed by atoms with Crippen molar-refractivity contribution in [3.05, 3.63) is 35.4 Å². The van der Waals surface area contributed by atoms with Gasteiger partial charge in [0.25, 0.3) is 5.91 Å². The third kappa shape index (κ3) is 4.04. The molecule has 0 fully saturated rings. The first-order valence-electron chi connectivity index (χ1n) is 6.61. The Morgan fingerprint density at radius 2 is 2.11 bits per heavy atom. The Hall–Kier alpha value is -1.39. The second-order valence-corrected chi connectivity index (χ2v) is 5.26. The lowest BCUT2D eigenvalue weighted by atomic mass is 10.0. The molecular weight excluding hydrogens is 240 g/mol. The van der Waals surface area contributed by atoms with Crippen molar-refractivity contribution in [2.45, 2.75) is 32.9 Å². The van der Waals surface area contributed by atoms with Gasteiger partial charge in [-0.1, -0.05) is 19.1 Å². The number of rotatable bonds is 6. The van der Waals surface area contributed by atoms with E-state index in [1.807, 2.05) is 32.0 Å². The van der Waals surface area contributed by atoms with Gasteiger partial charge in [0.15, 0.2) is 0 Å². The van der Waals surface area contributed by atoms with E-state index < -0.39 is 0 Å². The van der Waals surface area contributed by atoms with Crippen molar-refractivity contribution >= 4 is 5.91 Å². The van der Waals surface area contributed by atoms with E-state index >= 15 is 0 Å². The average Bonchev–Trinajstić information content (AvgIpc) is 2.43. The lowest BCUT2D eigenvalue weighted by molar-refractivity contribution is 0.0551. The molecule has 0 unspecified atom stereocenters. The van der Waals surface area contributed by atoms with E-state index in [-0.39, 0.29) is 18.1 Å². The zero-order valence-corrected chi connectivity index (χ0v) is 12.2. The minimum atomic E-state index is -0.266. The predicted molar refractivity (Wildman–Crippen MR) is 77.1 cm³/mol. The van der Waals surface area contributed by atoms with Crippen molar-refractivity contribution in [1.82, 2.24) is 10.2 Å². The third-order valence-electron chi connectivity index (χ3n) is 3.41. The lowest BCUT2D eigenvalue weighted by Gasteiger charge is -2.36. The number of hydrogen-bond donors (Lipinski definition) is 2. The number of nitrogens with zero attached hydrogens (tertiary/aromatic N) is 1. The molecule has 0 radical (unpaired) electrons. The van der Waals surface area contributed by atoms with Gasteiger partial charge in [0.2, 0.25) is 0 Å². The molecule has 4 nitrogen and oxygen atoms in total. The number of likely N-dealkylation sites (N-methyl/N-ethyl adjacent to an activating group) is 1. The second kappa shape index (κ2) is 6.68. The highest BCUT2D eigenvalue weighted by molar-refractivity contribution is 5.94. The molecule has 2 N–H and O–H groups in total. The number of carbonyl (C=O) groups is 1. The maximum absolute atomic E-state index is 11.6. The topological polar surface area (TPSA) is 52.6 Å². The van der Waals surface area contributed by atoms with Crippen LogP contribution in [0.4, 0.5) is 0 Å². The quantitative estimate of drug-likeness (QED) is 0.821. The van der Waals surface area contributed by atoms with Crippen LogP contribution in [0.2, 0.25) is 0 Å². The number of aliphatic hydroxyl groups excluding tert-OH is 1. The van der Waals surface area contributed by atoms with Crippen molar-refractivity contribution < 1.29 is 9.90 Å². The number of carbonyl (C=O) groups excluding carboxylic acids is 1. The normalized spacial score (nSPS) is 11.7. The van der Waals surface area contributed by atoms with Crippen molar-refractivity contribution in [1.29, 1.82) is 0 Å². The Labute approximate surface area is 115 Å². The molecule has 0 spiro atoms. The highest BCUT2D eigenvalue weighted by atomic mass is 16.3. The summed E-state index contributed by atoms with van der Waals surface area (Å²) >= 11 is 0. The van der Waals surface area contributed by atoms with E-state index in [0.717, 1.165) is 18.7 Å². The standard InChI is InChI=1S/C15H24N2O2/c1-5-17(15(2,3)11-18)10-12-7-6-8-13(9-12)14(19)16-4/h6-9,18H,5,10-11H2,1-4H3,(H,16,19). The molecule has 19 heavy (non-hydrogen) atoms. The van der Waals surface area contributed by atoms with Crippen LogP contribution in [0, 0.1) is 0 Å². The van der Waals surface area contributed by atoms with Gasteiger partial charge < -0.3 is 10.4 Å². The molecule has 1 aromatic carbocycles. The van der Waals surface area contributed by atoms with E-state index in [1.165, 1.54) is 0 Å². The number of hydrogen-bond acceptors (Lipinski definition) is 3. The largest absolute Gasteiger partial charge is 0.394 e. The fraction of sp³-hybridized carbons (Fsp3) is 0.533. The second-order valence-electron chi connectivity index (χ2n) is 5.26. The molecule has 0 aliphatic carbocycles. The monoisotopic (exact) mass is 264 g/mol. The maximum Gasteiger partial charge on any atom is 0.251 e. The third-order valence-corrected chi connectivity index (χ3v) is 3.41. The van der Waals surface area contributed by atoms with E-state index in [2.05, 4.69) is 17.1 Å². The molecule has 0 aliphatic heterocycles. The summed E-state index contributed by atoms with van der Waals surface area (Å²) in [5.74, 6) is -0.0775. The van der Waals surface area contributed by atoms with Crippen LogP contribution in [0.15, 0.2) is 24.3 Å². The summed E-state index contributed by atoms with van der Waals surface area (Å²) < 4.78 is 0. The highest BCUT2D eigenvalue weighted by Gasteiger charge is 2.24. The van der Waals surface area contributed by atoms with E-state index in [4.69, 9.17) is 0 Å². The first kappa shape index (κ1) is 15.7. The average molecular weight is 264 g/mol. The summed E-state index contributed by atoms with van der Waals surface area (Å²) in [6.45, 7) is 7.76. The summed E-state index contributed by atoms with van der Waals surface area (Å²) in [5, 5.41) is 12.1. The first-order valence-corrected chi connectivity index (χ1v) is 6.61. The lowest BCUT2D eigenvalue weighted by Crippen LogP contribution is -2.46. The van der Waals surface area contributed by atoms with Gasteiger partial charge in [0.1, 0.15) is 0 Å². The van der Waals surface area contributed by atoms with Gasteiger partial charge >= 0.3 is 0 Å². The van der Waals surface area contributed by atoms with Gasteiger partial charge in [-0.05, 0) is 38.1 Å². The molecule has 1 amide bonds. The van der Waals surface area contributed by atoms with Gasteiger partial charge in [-0.2, -0.15) is 0 Å². The molecule has 0 atom stereocenters. The molecule has 0 aliphatic rings. The van der Waals surface area contributed by atoms with Crippen LogP contribution in [0.5, 0.6) is 0 Å². The van der Waals surface area contributed by atoms with Crippen LogP contribution in [0.25, 0.3) is 0 Å². The maximum atomic E-state index is 11.6. The van der Waals surface area contributed by atoms with E-state index in [0.29, 0.717) is 5.56 Å². The van der Waals surface area contributed by atoms with Crippen molar-refractivity contribution in [3.8, 4) is 0 Å². The Morgan fingerprint density at radius 1 is 1.42 bits per heavy atom. The smallest absolute Gasteiger partial charge is 0.251 e. The summed E-state index contributed by atoms with van der Waals surface area (Å²) in [7, 11) is 1.63. The molecule has 1 rings (SSSR count). The van der Waals surface area contributed by atoms with E-state index in [1.54, 1.807) is 13.1 Å². The van der Waals surface area contributed by atoms with Crippen molar-refractivity contribution in [2.24, 2.45) is 0 Å². The Morgan fingerprint density at radius 3 is 2.63 bits per heavy atom. The van der Waals surface area contributed by atoms with Gasteiger partial charge in [-0.25, -0.2) is 0 Å². The van der Waals surface area contributed by atoms with E-state index in [9.17, 15) is 9.90 Å². The minimum absolute atomic E-state index is 0.0775. The molecule has 106 valence electrons. The Kier molecular flexibility index (Phi) is 5.51. The molecule has 1 aromatic rings. The predicted octanol–water partition coefficient (Wildman–Crippen LogP) is 1.64. The molecule has 0 bridgehead atoms. The fourth-order valence-electron chi connectivity index (χ4n) is 2.03. The SMILES string of the molecule is CCN(Cc1cccc(C(=O)NC)c1)C(C)(C)CO. The summed E-state index contributed by atoms with van der Waals surface area (Å²) in [6.07, 6.45) is 0. The number of aliphatic hydroxyl groups is 1. The summed E-state index contributed by atoms with van der Waals surface area (Å²) in [5.41, 5.74) is 1.47. The molecule has 0 saturated heterocycles. The zero-order valence-electron chi connectivity index (χ0n) is 12.2. The Balaban J connectivity index is 2.89. The summed E-state index contributed by atoms with van der Waals surface area (Å²) in [6, 6.07) is 7.59. The fourth-order valence-corrected chi connectivity index (χ4v) is 2.03.